The maximum atomic E-state index is 12.6. The Morgan fingerprint density at radius 3 is 2.72 bits per heavy atom. The first kappa shape index (κ1) is 17.3. The van der Waals surface area contributed by atoms with Crippen LogP contribution in [0, 0.1) is 11.8 Å². The Kier molecular flexibility index (Phi) is 3.84. The van der Waals surface area contributed by atoms with Crippen LogP contribution in [-0.4, -0.2) is 39.1 Å². The van der Waals surface area contributed by atoms with Crippen LogP contribution in [0.25, 0.3) is 0 Å². The minimum absolute atomic E-state index is 0.213. The van der Waals surface area contributed by atoms with Crippen molar-refractivity contribution in [2.24, 2.45) is 11.8 Å². The van der Waals surface area contributed by atoms with Crippen molar-refractivity contribution in [1.29, 1.82) is 0 Å². The number of nitrogens with zero attached hydrogens (tertiary/aromatic N) is 4. The fourth-order valence-electron chi connectivity index (χ4n) is 5.15. The number of likely N-dealkylation sites (tertiary alicyclic amines) is 1. The van der Waals surface area contributed by atoms with E-state index in [1.807, 2.05) is 12.1 Å². The average molecular weight is 396 g/mol. The van der Waals surface area contributed by atoms with Gasteiger partial charge in [-0.3, -0.25) is 19.1 Å². The van der Waals surface area contributed by atoms with Crippen LogP contribution in [0.1, 0.15) is 36.6 Å². The maximum Gasteiger partial charge on any atom is 0.332 e. The molecule has 0 amide bonds. The first-order chi connectivity index (χ1) is 14.2. The zero-order valence-electron chi connectivity index (χ0n) is 16.2. The van der Waals surface area contributed by atoms with Gasteiger partial charge in [0.25, 0.3) is 0 Å². The van der Waals surface area contributed by atoms with Crippen LogP contribution in [0.2, 0.25) is 0 Å². The molecule has 8 nitrogen and oxygen atoms in total. The van der Waals surface area contributed by atoms with E-state index in [4.69, 9.17) is 9.47 Å². The van der Waals surface area contributed by atoms with Crippen molar-refractivity contribution < 1.29 is 9.47 Å². The summed E-state index contributed by atoms with van der Waals surface area (Å²) >= 11 is 0. The summed E-state index contributed by atoms with van der Waals surface area (Å²) in [5.74, 6) is 3.45. The summed E-state index contributed by atoms with van der Waals surface area (Å²) in [4.78, 5) is 27.5. The fraction of sp³-hybridized carbons (Fsp3) is 0.571. The van der Waals surface area contributed by atoms with Crippen LogP contribution in [0.4, 0.5) is 0 Å². The van der Waals surface area contributed by atoms with Crippen molar-refractivity contribution in [1.82, 2.24) is 19.2 Å². The maximum absolute atomic E-state index is 12.6. The Morgan fingerprint density at radius 2 is 1.90 bits per heavy atom. The number of benzene rings is 1. The lowest BCUT2D eigenvalue weighted by Crippen LogP contribution is -2.45. The molecule has 1 aromatic carbocycles. The smallest absolute Gasteiger partial charge is 0.332 e. The number of ether oxygens (including phenoxy) is 2. The van der Waals surface area contributed by atoms with E-state index >= 15 is 0 Å². The molecule has 0 bridgehead atoms. The molecule has 8 heteroatoms. The van der Waals surface area contributed by atoms with E-state index < -0.39 is 11.1 Å². The van der Waals surface area contributed by atoms with Gasteiger partial charge in [-0.2, -0.15) is 5.10 Å². The van der Waals surface area contributed by atoms with E-state index in [9.17, 15) is 9.59 Å². The number of hydrogen-bond donors (Lipinski definition) is 0. The van der Waals surface area contributed by atoms with Crippen LogP contribution in [0.15, 0.2) is 27.8 Å². The van der Waals surface area contributed by atoms with Crippen molar-refractivity contribution in [3.63, 3.8) is 0 Å². The number of hydrogen-bond acceptors (Lipinski definition) is 6. The Bertz CT molecular complexity index is 1090. The van der Waals surface area contributed by atoms with Crippen molar-refractivity contribution in [3.8, 4) is 11.5 Å². The van der Waals surface area contributed by atoms with Gasteiger partial charge in [-0.15, -0.1) is 0 Å². The third-order valence-electron chi connectivity index (χ3n) is 6.93. The first-order valence-corrected chi connectivity index (χ1v) is 10.5. The number of fused-ring (bicyclic) bond motifs is 4. The molecule has 1 aromatic heterocycles. The highest BCUT2D eigenvalue weighted by molar-refractivity contribution is 5.44. The summed E-state index contributed by atoms with van der Waals surface area (Å²) in [5.41, 5.74) is 0.332. The van der Waals surface area contributed by atoms with Crippen LogP contribution in [0.3, 0.4) is 0 Å². The molecule has 4 heterocycles. The van der Waals surface area contributed by atoms with Crippen molar-refractivity contribution in [3.05, 3.63) is 50.3 Å². The molecular formula is C21H24N4O4. The molecule has 0 unspecified atom stereocenters. The molecule has 1 aliphatic carbocycles. The highest BCUT2D eigenvalue weighted by atomic mass is 16.7. The van der Waals surface area contributed by atoms with Crippen molar-refractivity contribution >= 4 is 0 Å². The minimum atomic E-state index is -0.460. The summed E-state index contributed by atoms with van der Waals surface area (Å²) < 4.78 is 14.0. The van der Waals surface area contributed by atoms with Crippen LogP contribution in [0.5, 0.6) is 11.5 Å². The Morgan fingerprint density at radius 1 is 1.03 bits per heavy atom. The van der Waals surface area contributed by atoms with E-state index in [1.54, 1.807) is 4.57 Å². The normalized spacial score (nSPS) is 25.1. The van der Waals surface area contributed by atoms with Crippen LogP contribution < -0.4 is 20.6 Å². The van der Waals surface area contributed by atoms with E-state index in [2.05, 4.69) is 16.1 Å². The molecule has 0 radical (unpaired) electrons. The number of rotatable bonds is 4. The van der Waals surface area contributed by atoms with E-state index in [0.29, 0.717) is 24.9 Å². The van der Waals surface area contributed by atoms with Gasteiger partial charge in [0.2, 0.25) is 6.79 Å². The van der Waals surface area contributed by atoms with Gasteiger partial charge in [0.15, 0.2) is 11.5 Å². The van der Waals surface area contributed by atoms with Crippen molar-refractivity contribution in [2.75, 3.05) is 19.9 Å². The molecular weight excluding hydrogens is 372 g/mol. The molecule has 0 spiro atoms. The zero-order valence-corrected chi connectivity index (χ0v) is 16.2. The van der Waals surface area contributed by atoms with Gasteiger partial charge in [-0.05, 0) is 36.5 Å². The largest absolute Gasteiger partial charge is 0.454 e. The van der Waals surface area contributed by atoms with Gasteiger partial charge >= 0.3 is 11.1 Å². The van der Waals surface area contributed by atoms with Gasteiger partial charge in [-0.25, -0.2) is 4.68 Å². The number of aromatic nitrogens is 3. The average Bonchev–Trinajstić information content (AvgIpc) is 3.36. The molecule has 2 atom stereocenters. The molecule has 6 rings (SSSR count). The molecule has 1 saturated heterocycles. The third kappa shape index (κ3) is 2.80. The first-order valence-electron chi connectivity index (χ1n) is 10.5. The van der Waals surface area contributed by atoms with Gasteiger partial charge in [0.05, 0.1) is 0 Å². The standard InChI is InChI=1S/C21H24N4O4/c26-20-21(27)25(8-13-2-1-3-13)22-19-16-11-23(9-15(16)10-24(19)20)7-14-4-5-17-18(6-14)29-12-28-17/h4-6,13,15-16H,1-3,7-12H2/t15-,16+/m0/s1. The lowest BCUT2D eigenvalue weighted by atomic mass is 9.85. The predicted octanol–water partition coefficient (Wildman–Crippen LogP) is 1.16. The highest BCUT2D eigenvalue weighted by Crippen LogP contribution is 2.39. The molecule has 0 N–H and O–H groups in total. The van der Waals surface area contributed by atoms with E-state index in [0.717, 1.165) is 49.8 Å². The highest BCUT2D eigenvalue weighted by Gasteiger charge is 2.42. The molecule has 2 fully saturated rings. The summed E-state index contributed by atoms with van der Waals surface area (Å²) in [6.07, 6.45) is 3.46. The van der Waals surface area contributed by atoms with Gasteiger partial charge < -0.3 is 9.47 Å². The van der Waals surface area contributed by atoms with Crippen LogP contribution >= 0.6 is 0 Å². The molecule has 29 heavy (non-hydrogen) atoms. The fourth-order valence-corrected chi connectivity index (χ4v) is 5.15. The second kappa shape index (κ2) is 6.45. The Labute approximate surface area is 167 Å². The summed E-state index contributed by atoms with van der Waals surface area (Å²) in [6, 6.07) is 6.09. The minimum Gasteiger partial charge on any atom is -0.454 e. The summed E-state index contributed by atoms with van der Waals surface area (Å²) in [6.45, 7) is 4.05. The van der Waals surface area contributed by atoms with Gasteiger partial charge in [0, 0.05) is 44.6 Å². The van der Waals surface area contributed by atoms with E-state index in [1.165, 1.54) is 16.7 Å². The Hall–Kier alpha value is -2.61. The summed E-state index contributed by atoms with van der Waals surface area (Å²) in [7, 11) is 0. The van der Waals surface area contributed by atoms with Gasteiger partial charge in [0.1, 0.15) is 5.82 Å². The Balaban J connectivity index is 1.23. The lowest BCUT2D eigenvalue weighted by molar-refractivity contribution is 0.174. The lowest BCUT2D eigenvalue weighted by Gasteiger charge is -2.25. The predicted molar refractivity (Wildman–Crippen MR) is 104 cm³/mol. The van der Waals surface area contributed by atoms with Crippen LogP contribution in [-0.2, 0) is 19.6 Å². The second-order valence-electron chi connectivity index (χ2n) is 8.81. The molecule has 2 aromatic rings. The third-order valence-corrected chi connectivity index (χ3v) is 6.93. The molecule has 4 aliphatic rings. The SMILES string of the molecule is O=c1c(=O)n2c(nn1CC1CCC1)[C@@H]1CN(Cc3ccc4c(c3)OCO4)C[C@H]1C2. The summed E-state index contributed by atoms with van der Waals surface area (Å²) in [5, 5.41) is 4.67. The molecule has 1 saturated carbocycles. The topological polar surface area (TPSA) is 78.6 Å². The monoisotopic (exact) mass is 396 g/mol. The van der Waals surface area contributed by atoms with Crippen molar-refractivity contribution in [2.45, 2.75) is 44.8 Å². The van der Waals surface area contributed by atoms with Gasteiger partial charge in [-0.1, -0.05) is 12.5 Å². The second-order valence-corrected chi connectivity index (χ2v) is 8.81. The molecule has 3 aliphatic heterocycles. The van der Waals surface area contributed by atoms with E-state index in [-0.39, 0.29) is 12.7 Å². The quantitative estimate of drug-likeness (QED) is 0.722. The zero-order chi connectivity index (χ0) is 19.5. The molecule has 152 valence electrons.